The van der Waals surface area contributed by atoms with E-state index in [-0.39, 0.29) is 0 Å². The lowest BCUT2D eigenvalue weighted by atomic mass is 10.0. The van der Waals surface area contributed by atoms with Gasteiger partial charge in [0, 0.05) is 18.2 Å². The molecule has 0 fully saturated rings. The zero-order valence-electron chi connectivity index (χ0n) is 12.1. The maximum absolute atomic E-state index is 5.77. The molecule has 0 bridgehead atoms. The smallest absolute Gasteiger partial charge is 0.124 e. The summed E-state index contributed by atoms with van der Waals surface area (Å²) < 4.78 is 5.77. The fourth-order valence-corrected chi connectivity index (χ4v) is 2.21. The SMILES string of the molecule is CCOc1ccc2ccccc2c1CN[C@@H](C)CC. The number of ether oxygens (including phenoxy) is 1. The monoisotopic (exact) mass is 257 g/mol. The van der Waals surface area contributed by atoms with E-state index < -0.39 is 0 Å². The van der Waals surface area contributed by atoms with Crippen LogP contribution in [-0.4, -0.2) is 12.6 Å². The molecule has 2 nitrogen and oxygen atoms in total. The second kappa shape index (κ2) is 6.58. The third-order valence-electron chi connectivity index (χ3n) is 3.54. The quantitative estimate of drug-likeness (QED) is 0.840. The molecule has 2 aromatic carbocycles. The summed E-state index contributed by atoms with van der Waals surface area (Å²) in [6.07, 6.45) is 1.13. The number of hydrogen-bond donors (Lipinski definition) is 1. The molecule has 19 heavy (non-hydrogen) atoms. The summed E-state index contributed by atoms with van der Waals surface area (Å²) in [7, 11) is 0. The molecule has 0 saturated heterocycles. The Morgan fingerprint density at radius 2 is 1.89 bits per heavy atom. The summed E-state index contributed by atoms with van der Waals surface area (Å²) >= 11 is 0. The lowest BCUT2D eigenvalue weighted by Crippen LogP contribution is -2.24. The third kappa shape index (κ3) is 3.27. The highest BCUT2D eigenvalue weighted by atomic mass is 16.5. The first-order valence-corrected chi connectivity index (χ1v) is 7.13. The molecule has 1 atom stereocenters. The predicted molar refractivity (Wildman–Crippen MR) is 81.7 cm³/mol. The molecule has 0 spiro atoms. The van der Waals surface area contributed by atoms with E-state index in [9.17, 15) is 0 Å². The molecule has 0 radical (unpaired) electrons. The van der Waals surface area contributed by atoms with Crippen LogP contribution in [0.15, 0.2) is 36.4 Å². The van der Waals surface area contributed by atoms with Gasteiger partial charge in [0.05, 0.1) is 6.61 Å². The Kier molecular flexibility index (Phi) is 4.80. The van der Waals surface area contributed by atoms with Crippen LogP contribution in [0.3, 0.4) is 0 Å². The van der Waals surface area contributed by atoms with Crippen molar-refractivity contribution in [1.82, 2.24) is 5.32 Å². The van der Waals surface area contributed by atoms with Crippen molar-refractivity contribution in [3.8, 4) is 5.75 Å². The molecule has 2 heteroatoms. The zero-order chi connectivity index (χ0) is 13.7. The molecule has 102 valence electrons. The maximum atomic E-state index is 5.77. The van der Waals surface area contributed by atoms with Crippen molar-refractivity contribution >= 4 is 10.8 Å². The molecule has 0 amide bonds. The van der Waals surface area contributed by atoms with Gasteiger partial charge in [0.2, 0.25) is 0 Å². The van der Waals surface area contributed by atoms with E-state index in [0.29, 0.717) is 12.6 Å². The van der Waals surface area contributed by atoms with Gasteiger partial charge < -0.3 is 10.1 Å². The summed E-state index contributed by atoms with van der Waals surface area (Å²) in [6.45, 7) is 8.00. The van der Waals surface area contributed by atoms with E-state index in [2.05, 4.69) is 55.6 Å². The molecule has 0 aliphatic carbocycles. The Balaban J connectivity index is 2.37. The van der Waals surface area contributed by atoms with Crippen LogP contribution < -0.4 is 10.1 Å². The van der Waals surface area contributed by atoms with Crippen molar-refractivity contribution < 1.29 is 4.74 Å². The lowest BCUT2D eigenvalue weighted by molar-refractivity contribution is 0.335. The normalized spacial score (nSPS) is 12.6. The average Bonchev–Trinajstić information content (AvgIpc) is 2.45. The Bertz CT molecular complexity index is 536. The predicted octanol–water partition coefficient (Wildman–Crippen LogP) is 4.13. The van der Waals surface area contributed by atoms with E-state index in [1.165, 1.54) is 16.3 Å². The van der Waals surface area contributed by atoms with Gasteiger partial charge in [-0.05, 0) is 37.1 Å². The molecular weight excluding hydrogens is 234 g/mol. The summed E-state index contributed by atoms with van der Waals surface area (Å²) in [5.41, 5.74) is 1.26. The van der Waals surface area contributed by atoms with Crippen molar-refractivity contribution in [2.45, 2.75) is 39.8 Å². The van der Waals surface area contributed by atoms with E-state index in [1.807, 2.05) is 6.92 Å². The number of rotatable bonds is 6. The average molecular weight is 257 g/mol. The van der Waals surface area contributed by atoms with Crippen LogP contribution >= 0.6 is 0 Å². The number of hydrogen-bond acceptors (Lipinski definition) is 2. The molecular formula is C17H23NO. The van der Waals surface area contributed by atoms with Gasteiger partial charge in [0.1, 0.15) is 5.75 Å². The topological polar surface area (TPSA) is 21.3 Å². The number of benzene rings is 2. The van der Waals surface area contributed by atoms with Crippen LogP contribution in [0.4, 0.5) is 0 Å². The summed E-state index contributed by atoms with van der Waals surface area (Å²) in [5, 5.41) is 6.11. The standard InChI is InChI=1S/C17H23NO/c1-4-13(3)18-12-16-15-9-7-6-8-14(15)10-11-17(16)19-5-2/h6-11,13,18H,4-5,12H2,1-3H3/t13-/m0/s1. The fourth-order valence-electron chi connectivity index (χ4n) is 2.21. The Labute approximate surface area is 115 Å². The van der Waals surface area contributed by atoms with Crippen molar-refractivity contribution in [3.63, 3.8) is 0 Å². The van der Waals surface area contributed by atoms with Gasteiger partial charge in [-0.15, -0.1) is 0 Å². The third-order valence-corrected chi connectivity index (χ3v) is 3.54. The number of fused-ring (bicyclic) bond motifs is 1. The molecule has 0 unspecified atom stereocenters. The van der Waals surface area contributed by atoms with Crippen LogP contribution in [-0.2, 0) is 6.54 Å². The van der Waals surface area contributed by atoms with Crippen LogP contribution in [0.25, 0.3) is 10.8 Å². The van der Waals surface area contributed by atoms with Crippen molar-refractivity contribution in [2.75, 3.05) is 6.61 Å². The van der Waals surface area contributed by atoms with Crippen molar-refractivity contribution in [1.29, 1.82) is 0 Å². The summed E-state index contributed by atoms with van der Waals surface area (Å²) in [5.74, 6) is 0.997. The largest absolute Gasteiger partial charge is 0.494 e. The minimum Gasteiger partial charge on any atom is -0.494 e. The first kappa shape index (κ1) is 13.9. The van der Waals surface area contributed by atoms with Crippen LogP contribution in [0.1, 0.15) is 32.8 Å². The van der Waals surface area contributed by atoms with Crippen LogP contribution in [0.5, 0.6) is 5.75 Å². The molecule has 0 saturated carbocycles. The fraction of sp³-hybridized carbons (Fsp3) is 0.412. The first-order chi connectivity index (χ1) is 9.26. The van der Waals surface area contributed by atoms with Gasteiger partial charge in [0.15, 0.2) is 0 Å². The molecule has 0 aliphatic heterocycles. The first-order valence-electron chi connectivity index (χ1n) is 7.13. The Morgan fingerprint density at radius 1 is 1.11 bits per heavy atom. The van der Waals surface area contributed by atoms with Crippen molar-refractivity contribution in [2.24, 2.45) is 0 Å². The van der Waals surface area contributed by atoms with E-state index in [0.717, 1.165) is 18.7 Å². The highest BCUT2D eigenvalue weighted by molar-refractivity contribution is 5.87. The van der Waals surface area contributed by atoms with Gasteiger partial charge in [-0.25, -0.2) is 0 Å². The van der Waals surface area contributed by atoms with Crippen molar-refractivity contribution in [3.05, 3.63) is 42.0 Å². The molecule has 2 aromatic rings. The van der Waals surface area contributed by atoms with Crippen LogP contribution in [0, 0.1) is 0 Å². The molecule has 0 aliphatic rings. The van der Waals surface area contributed by atoms with Gasteiger partial charge in [0.25, 0.3) is 0 Å². The lowest BCUT2D eigenvalue weighted by Gasteiger charge is -2.16. The van der Waals surface area contributed by atoms with E-state index >= 15 is 0 Å². The van der Waals surface area contributed by atoms with Gasteiger partial charge >= 0.3 is 0 Å². The zero-order valence-corrected chi connectivity index (χ0v) is 12.1. The number of nitrogens with one attached hydrogen (secondary N) is 1. The maximum Gasteiger partial charge on any atom is 0.124 e. The summed E-state index contributed by atoms with van der Waals surface area (Å²) in [4.78, 5) is 0. The molecule has 2 rings (SSSR count). The summed E-state index contributed by atoms with van der Waals surface area (Å²) in [6, 6.07) is 13.2. The minimum absolute atomic E-state index is 0.522. The molecule has 1 N–H and O–H groups in total. The minimum atomic E-state index is 0.522. The van der Waals surface area contributed by atoms with E-state index in [4.69, 9.17) is 4.74 Å². The Hall–Kier alpha value is -1.54. The highest BCUT2D eigenvalue weighted by Crippen LogP contribution is 2.28. The molecule has 0 heterocycles. The second-order valence-corrected chi connectivity index (χ2v) is 4.89. The van der Waals surface area contributed by atoms with Gasteiger partial charge in [-0.3, -0.25) is 0 Å². The van der Waals surface area contributed by atoms with Crippen LogP contribution in [0.2, 0.25) is 0 Å². The second-order valence-electron chi connectivity index (χ2n) is 4.89. The van der Waals surface area contributed by atoms with E-state index in [1.54, 1.807) is 0 Å². The Morgan fingerprint density at radius 3 is 2.63 bits per heavy atom. The molecule has 0 aromatic heterocycles. The van der Waals surface area contributed by atoms with Gasteiger partial charge in [-0.2, -0.15) is 0 Å². The highest BCUT2D eigenvalue weighted by Gasteiger charge is 2.09. The van der Waals surface area contributed by atoms with Gasteiger partial charge in [-0.1, -0.05) is 37.3 Å².